The maximum absolute atomic E-state index is 12.0. The average Bonchev–Trinajstić information content (AvgIpc) is 2.58. The van der Waals surface area contributed by atoms with Gasteiger partial charge < -0.3 is 14.8 Å². The summed E-state index contributed by atoms with van der Waals surface area (Å²) in [5.74, 6) is -0.560. The number of carbonyl (C=O) groups is 2. The molecule has 1 atom stereocenters. The lowest BCUT2D eigenvalue weighted by molar-refractivity contribution is -0.137. The second kappa shape index (κ2) is 8.08. The molecule has 1 amide bonds. The standard InChI is InChI=1S/C16H15ClN2O4S/c1-22-13-4-3-9(5-12(13)17)10-6-14(20)19-16(11(10)7-18)24-8-15(21)23-2/h3-5,10H,6,8H2,1-2H3,(H,19,20)/t10-/m1/s1. The fourth-order valence-corrected chi connectivity index (χ4v) is 3.48. The predicted molar refractivity (Wildman–Crippen MR) is 90.6 cm³/mol. The summed E-state index contributed by atoms with van der Waals surface area (Å²) in [6.45, 7) is 0. The molecule has 1 N–H and O–H groups in total. The first kappa shape index (κ1) is 18.2. The van der Waals surface area contributed by atoms with E-state index in [1.165, 1.54) is 14.2 Å². The number of allylic oxidation sites excluding steroid dienone is 1. The van der Waals surface area contributed by atoms with E-state index in [1.807, 2.05) is 0 Å². The van der Waals surface area contributed by atoms with Gasteiger partial charge in [0.15, 0.2) is 0 Å². The number of hydrogen-bond acceptors (Lipinski definition) is 6. The van der Waals surface area contributed by atoms with E-state index in [0.29, 0.717) is 21.4 Å². The Hall–Kier alpha value is -2.17. The second-order valence-corrected chi connectivity index (χ2v) is 6.31. The molecule has 0 unspecified atom stereocenters. The lowest BCUT2D eigenvalue weighted by atomic mass is 9.87. The predicted octanol–water partition coefficient (Wildman–Crippen LogP) is 2.59. The molecular formula is C16H15ClN2O4S. The van der Waals surface area contributed by atoms with Gasteiger partial charge in [-0.15, -0.1) is 0 Å². The third-order valence-corrected chi connectivity index (χ3v) is 4.78. The van der Waals surface area contributed by atoms with Crippen LogP contribution in [0.5, 0.6) is 5.75 Å². The molecule has 8 heteroatoms. The van der Waals surface area contributed by atoms with Crippen LogP contribution in [0.25, 0.3) is 0 Å². The number of methoxy groups -OCH3 is 2. The topological polar surface area (TPSA) is 88.4 Å². The molecule has 0 spiro atoms. The van der Waals surface area contributed by atoms with E-state index in [0.717, 1.165) is 17.3 Å². The Bertz CT molecular complexity index is 742. The van der Waals surface area contributed by atoms with Crippen LogP contribution in [0.4, 0.5) is 0 Å². The number of esters is 1. The molecule has 1 aromatic carbocycles. The van der Waals surface area contributed by atoms with E-state index in [1.54, 1.807) is 18.2 Å². The van der Waals surface area contributed by atoms with Crippen molar-refractivity contribution in [1.29, 1.82) is 5.26 Å². The van der Waals surface area contributed by atoms with Gasteiger partial charge in [0, 0.05) is 12.3 Å². The lowest BCUT2D eigenvalue weighted by Gasteiger charge is -2.25. The number of amides is 1. The van der Waals surface area contributed by atoms with Crippen molar-refractivity contribution in [2.45, 2.75) is 12.3 Å². The highest BCUT2D eigenvalue weighted by Crippen LogP contribution is 2.38. The highest BCUT2D eigenvalue weighted by atomic mass is 35.5. The number of nitriles is 1. The Morgan fingerprint density at radius 2 is 2.25 bits per heavy atom. The summed E-state index contributed by atoms with van der Waals surface area (Å²) in [6.07, 6.45) is 0.133. The van der Waals surface area contributed by atoms with Crippen molar-refractivity contribution < 1.29 is 19.1 Å². The molecule has 1 aromatic rings. The summed E-state index contributed by atoms with van der Waals surface area (Å²) in [5.41, 5.74) is 1.13. The molecule has 0 aliphatic carbocycles. The minimum atomic E-state index is -0.436. The molecule has 24 heavy (non-hydrogen) atoms. The first-order chi connectivity index (χ1) is 11.5. The molecule has 126 valence electrons. The van der Waals surface area contributed by atoms with Crippen molar-refractivity contribution in [1.82, 2.24) is 5.32 Å². The minimum absolute atomic E-state index is 0.00732. The van der Waals surface area contributed by atoms with Crippen LogP contribution >= 0.6 is 23.4 Å². The zero-order valence-corrected chi connectivity index (χ0v) is 14.7. The average molecular weight is 367 g/mol. The van der Waals surface area contributed by atoms with Crippen molar-refractivity contribution >= 4 is 35.2 Å². The molecule has 6 nitrogen and oxygen atoms in total. The summed E-state index contributed by atoms with van der Waals surface area (Å²) in [7, 11) is 2.79. The van der Waals surface area contributed by atoms with E-state index in [-0.39, 0.29) is 18.1 Å². The number of rotatable bonds is 5. The molecule has 2 rings (SSSR count). The molecule has 0 saturated carbocycles. The first-order valence-electron chi connectivity index (χ1n) is 6.97. The Morgan fingerprint density at radius 1 is 1.50 bits per heavy atom. The zero-order chi connectivity index (χ0) is 17.7. The van der Waals surface area contributed by atoms with Crippen LogP contribution in [0.3, 0.4) is 0 Å². The van der Waals surface area contributed by atoms with Crippen LogP contribution in [0, 0.1) is 11.3 Å². The number of hydrogen-bond donors (Lipinski definition) is 1. The molecule has 1 aliphatic rings. The van der Waals surface area contributed by atoms with Crippen LogP contribution in [0.2, 0.25) is 5.02 Å². The number of benzene rings is 1. The molecule has 0 aromatic heterocycles. The van der Waals surface area contributed by atoms with Gasteiger partial charge >= 0.3 is 5.97 Å². The number of thioether (sulfide) groups is 1. The number of halogens is 1. The summed E-state index contributed by atoms with van der Waals surface area (Å²) >= 11 is 7.21. The Kier molecular flexibility index (Phi) is 6.12. The van der Waals surface area contributed by atoms with Crippen LogP contribution in [-0.4, -0.2) is 31.8 Å². The third kappa shape index (κ3) is 4.02. The van der Waals surface area contributed by atoms with Crippen LogP contribution < -0.4 is 10.1 Å². The van der Waals surface area contributed by atoms with Crippen molar-refractivity contribution in [3.8, 4) is 11.8 Å². The van der Waals surface area contributed by atoms with Crippen LogP contribution in [0.1, 0.15) is 17.9 Å². The number of nitrogens with one attached hydrogen (secondary N) is 1. The summed E-state index contributed by atoms with van der Waals surface area (Å²) in [5, 5.41) is 13.0. The van der Waals surface area contributed by atoms with Gasteiger partial charge in [0.1, 0.15) is 5.75 Å². The van der Waals surface area contributed by atoms with Crippen molar-refractivity contribution in [3.63, 3.8) is 0 Å². The largest absolute Gasteiger partial charge is 0.495 e. The van der Waals surface area contributed by atoms with Crippen molar-refractivity contribution in [3.05, 3.63) is 39.4 Å². The van der Waals surface area contributed by atoms with Crippen LogP contribution in [0.15, 0.2) is 28.8 Å². The highest BCUT2D eigenvalue weighted by molar-refractivity contribution is 8.03. The summed E-state index contributed by atoms with van der Waals surface area (Å²) < 4.78 is 9.70. The summed E-state index contributed by atoms with van der Waals surface area (Å²) in [4.78, 5) is 23.3. The van der Waals surface area contributed by atoms with E-state index >= 15 is 0 Å². The maximum Gasteiger partial charge on any atom is 0.316 e. The highest BCUT2D eigenvalue weighted by Gasteiger charge is 2.30. The van der Waals surface area contributed by atoms with E-state index < -0.39 is 11.9 Å². The van der Waals surface area contributed by atoms with E-state index in [2.05, 4.69) is 16.1 Å². The van der Waals surface area contributed by atoms with Gasteiger partial charge in [0.25, 0.3) is 0 Å². The Morgan fingerprint density at radius 3 is 2.83 bits per heavy atom. The number of carbonyl (C=O) groups excluding carboxylic acids is 2. The minimum Gasteiger partial charge on any atom is -0.495 e. The van der Waals surface area contributed by atoms with Gasteiger partial charge in [-0.2, -0.15) is 5.26 Å². The number of nitrogens with zero attached hydrogens (tertiary/aromatic N) is 1. The van der Waals surface area contributed by atoms with Crippen molar-refractivity contribution in [2.24, 2.45) is 0 Å². The first-order valence-corrected chi connectivity index (χ1v) is 8.33. The fourth-order valence-electron chi connectivity index (χ4n) is 2.31. The number of ether oxygens (including phenoxy) is 2. The molecule has 0 radical (unpaired) electrons. The van der Waals surface area contributed by atoms with Crippen molar-refractivity contribution in [2.75, 3.05) is 20.0 Å². The maximum atomic E-state index is 12.0. The molecule has 0 fully saturated rings. The van der Waals surface area contributed by atoms with Gasteiger partial charge in [0.05, 0.1) is 41.7 Å². The Labute approximate surface area is 148 Å². The van der Waals surface area contributed by atoms with Gasteiger partial charge in [0.2, 0.25) is 5.91 Å². The molecular weight excluding hydrogens is 352 g/mol. The lowest BCUT2D eigenvalue weighted by Crippen LogP contribution is -2.31. The van der Waals surface area contributed by atoms with E-state index in [4.69, 9.17) is 16.3 Å². The third-order valence-electron chi connectivity index (χ3n) is 3.50. The molecule has 1 heterocycles. The molecule has 0 bridgehead atoms. The van der Waals surface area contributed by atoms with Gasteiger partial charge in [-0.1, -0.05) is 29.4 Å². The fraction of sp³-hybridized carbons (Fsp3) is 0.312. The molecule has 1 aliphatic heterocycles. The zero-order valence-electron chi connectivity index (χ0n) is 13.1. The normalized spacial score (nSPS) is 17.1. The van der Waals surface area contributed by atoms with Crippen LogP contribution in [-0.2, 0) is 14.3 Å². The smallest absolute Gasteiger partial charge is 0.316 e. The Balaban J connectivity index is 2.36. The SMILES string of the molecule is COC(=O)CSC1=C(C#N)[C@@H](c2ccc(OC)c(Cl)c2)CC(=O)N1. The van der Waals surface area contributed by atoms with E-state index in [9.17, 15) is 14.9 Å². The van der Waals surface area contributed by atoms with Gasteiger partial charge in [-0.05, 0) is 17.7 Å². The monoisotopic (exact) mass is 366 g/mol. The molecule has 0 saturated heterocycles. The van der Waals surface area contributed by atoms with Gasteiger partial charge in [-0.25, -0.2) is 0 Å². The summed E-state index contributed by atoms with van der Waals surface area (Å²) in [6, 6.07) is 7.28. The quantitative estimate of drug-likeness (QED) is 0.806. The van der Waals surface area contributed by atoms with Gasteiger partial charge in [-0.3, -0.25) is 9.59 Å². The second-order valence-electron chi connectivity index (χ2n) is 4.92.